The predicted molar refractivity (Wildman–Crippen MR) is 103 cm³/mol. The first-order valence-electron chi connectivity index (χ1n) is 8.04. The Balaban J connectivity index is 2.33. The topological polar surface area (TPSA) is 62.2 Å². The summed E-state index contributed by atoms with van der Waals surface area (Å²) < 4.78 is 26.3. The van der Waals surface area contributed by atoms with Crippen LogP contribution in [0.2, 0.25) is 0 Å². The molecule has 1 aromatic carbocycles. The van der Waals surface area contributed by atoms with E-state index in [9.17, 15) is 9.18 Å². The molecule has 0 radical (unpaired) electrons. The van der Waals surface area contributed by atoms with E-state index in [4.69, 9.17) is 14.6 Å². The molecule has 9 heteroatoms. The van der Waals surface area contributed by atoms with Crippen LogP contribution in [0, 0.1) is 0 Å². The van der Waals surface area contributed by atoms with Gasteiger partial charge in [0.1, 0.15) is 12.0 Å². The molecule has 0 aromatic heterocycles. The van der Waals surface area contributed by atoms with Gasteiger partial charge in [0.2, 0.25) is 5.83 Å². The summed E-state index contributed by atoms with van der Waals surface area (Å²) in [6.45, 7) is 4.07. The smallest absolute Gasteiger partial charge is 0.368 e. The Labute approximate surface area is 161 Å². The van der Waals surface area contributed by atoms with Crippen molar-refractivity contribution < 1.29 is 23.8 Å². The molecule has 1 aromatic rings. The fourth-order valence-corrected chi connectivity index (χ4v) is 4.08. The number of aliphatic carboxylic acids is 1. The fourth-order valence-electron chi connectivity index (χ4n) is 2.49. The second kappa shape index (κ2) is 9.50. The maximum absolute atomic E-state index is 13.2. The van der Waals surface area contributed by atoms with Gasteiger partial charge in [-0.1, -0.05) is 0 Å². The van der Waals surface area contributed by atoms with Crippen LogP contribution in [0.1, 0.15) is 6.92 Å². The molecule has 1 unspecified atom stereocenters. The molecule has 0 saturated carbocycles. The number of benzene rings is 1. The van der Waals surface area contributed by atoms with E-state index in [0.717, 1.165) is 22.0 Å². The van der Waals surface area contributed by atoms with Crippen LogP contribution in [0.3, 0.4) is 0 Å². The van der Waals surface area contributed by atoms with Crippen LogP contribution in [0.5, 0.6) is 5.75 Å². The zero-order valence-corrected chi connectivity index (χ0v) is 16.8. The van der Waals surface area contributed by atoms with Gasteiger partial charge in [0, 0.05) is 20.2 Å². The summed E-state index contributed by atoms with van der Waals surface area (Å²) in [5.41, 5.74) is 1.04. The van der Waals surface area contributed by atoms with E-state index in [2.05, 4.69) is 9.21 Å². The van der Waals surface area contributed by atoms with Gasteiger partial charge < -0.3 is 19.5 Å². The molecule has 1 heterocycles. The highest BCUT2D eigenvalue weighted by Gasteiger charge is 2.26. The number of likely N-dealkylation sites (N-methyl/N-ethyl adjacent to an activating group) is 2. The highest BCUT2D eigenvalue weighted by molar-refractivity contribution is 7.98. The summed E-state index contributed by atoms with van der Waals surface area (Å²) in [6, 6.07) is 4.00. The molecule has 1 atom stereocenters. The van der Waals surface area contributed by atoms with Gasteiger partial charge in [0.15, 0.2) is 0 Å². The van der Waals surface area contributed by atoms with Crippen molar-refractivity contribution in [1.82, 2.24) is 4.31 Å². The number of carboxylic acids is 1. The lowest BCUT2D eigenvalue weighted by Crippen LogP contribution is -2.39. The van der Waals surface area contributed by atoms with E-state index in [1.54, 1.807) is 11.9 Å². The monoisotopic (exact) mass is 402 g/mol. The quantitative estimate of drug-likeness (QED) is 0.322. The Bertz CT molecular complexity index is 687. The summed E-state index contributed by atoms with van der Waals surface area (Å²) in [5.74, 6) is -2.58. The molecule has 0 bridgehead atoms. The highest BCUT2D eigenvalue weighted by Crippen LogP contribution is 2.42. The van der Waals surface area contributed by atoms with Gasteiger partial charge >= 0.3 is 5.97 Å². The van der Waals surface area contributed by atoms with E-state index in [0.29, 0.717) is 25.2 Å². The molecule has 0 spiro atoms. The van der Waals surface area contributed by atoms with Crippen LogP contribution in [0.4, 0.5) is 10.1 Å². The lowest BCUT2D eigenvalue weighted by atomic mass is 10.2. The van der Waals surface area contributed by atoms with E-state index >= 15 is 0 Å². The summed E-state index contributed by atoms with van der Waals surface area (Å²) in [4.78, 5) is 14.5. The van der Waals surface area contributed by atoms with Gasteiger partial charge in [-0.05, 0) is 44.3 Å². The van der Waals surface area contributed by atoms with Crippen molar-refractivity contribution in [2.75, 3.05) is 45.0 Å². The number of hydrogen-bond acceptors (Lipinski definition) is 7. The van der Waals surface area contributed by atoms with Crippen molar-refractivity contribution in [1.29, 1.82) is 0 Å². The Hall–Kier alpha value is -1.42. The Morgan fingerprint density at radius 2 is 2.23 bits per heavy atom. The summed E-state index contributed by atoms with van der Waals surface area (Å²) in [7, 11) is 4.02. The minimum Gasteiger partial charge on any atom is -0.476 e. The number of ether oxygens (including phenoxy) is 2. The molecule has 1 aliphatic heterocycles. The SMILES string of the molecule is CCOCC1CN(C)c2cc(SC)c(O/C=C(\F)C(=O)O)cc2SN1C. The third kappa shape index (κ3) is 5.06. The second-order valence-corrected chi connectivity index (χ2v) is 7.74. The van der Waals surface area contributed by atoms with Gasteiger partial charge in [-0.2, -0.15) is 4.39 Å². The number of rotatable bonds is 7. The van der Waals surface area contributed by atoms with Crippen molar-refractivity contribution in [3.8, 4) is 5.75 Å². The van der Waals surface area contributed by atoms with Crippen LogP contribution < -0.4 is 9.64 Å². The molecule has 1 aliphatic rings. The van der Waals surface area contributed by atoms with E-state index < -0.39 is 11.8 Å². The average molecular weight is 403 g/mol. The van der Waals surface area contributed by atoms with Crippen molar-refractivity contribution in [3.05, 3.63) is 24.2 Å². The van der Waals surface area contributed by atoms with Gasteiger partial charge in [0.05, 0.1) is 28.1 Å². The molecule has 6 nitrogen and oxygen atoms in total. The van der Waals surface area contributed by atoms with Crippen LogP contribution in [-0.4, -0.2) is 61.5 Å². The molecule has 144 valence electrons. The van der Waals surface area contributed by atoms with Crippen LogP contribution in [0.15, 0.2) is 34.0 Å². The molecule has 26 heavy (non-hydrogen) atoms. The summed E-state index contributed by atoms with van der Waals surface area (Å²) >= 11 is 3.01. The van der Waals surface area contributed by atoms with Crippen molar-refractivity contribution >= 4 is 35.4 Å². The van der Waals surface area contributed by atoms with Crippen LogP contribution >= 0.6 is 23.7 Å². The molecule has 2 rings (SSSR count). The Morgan fingerprint density at radius 3 is 2.85 bits per heavy atom. The number of hydrogen-bond donors (Lipinski definition) is 1. The maximum atomic E-state index is 13.2. The van der Waals surface area contributed by atoms with Gasteiger partial charge in [-0.25, -0.2) is 9.10 Å². The van der Waals surface area contributed by atoms with Crippen molar-refractivity contribution in [3.63, 3.8) is 0 Å². The zero-order chi connectivity index (χ0) is 19.3. The largest absolute Gasteiger partial charge is 0.476 e. The molecule has 0 amide bonds. The van der Waals surface area contributed by atoms with E-state index in [1.165, 1.54) is 11.8 Å². The summed E-state index contributed by atoms with van der Waals surface area (Å²) in [5, 5.41) is 8.63. The van der Waals surface area contributed by atoms with Crippen molar-refractivity contribution in [2.45, 2.75) is 22.8 Å². The first-order valence-corrected chi connectivity index (χ1v) is 10.0. The second-order valence-electron chi connectivity index (χ2n) is 5.69. The van der Waals surface area contributed by atoms with E-state index in [1.807, 2.05) is 39.4 Å². The van der Waals surface area contributed by atoms with Crippen molar-refractivity contribution in [2.24, 2.45) is 0 Å². The first kappa shape index (κ1) is 20.9. The molecular weight excluding hydrogens is 379 g/mol. The molecule has 0 fully saturated rings. The number of thioether (sulfide) groups is 1. The van der Waals surface area contributed by atoms with Crippen LogP contribution in [-0.2, 0) is 9.53 Å². The lowest BCUT2D eigenvalue weighted by molar-refractivity contribution is -0.134. The average Bonchev–Trinajstić information content (AvgIpc) is 2.72. The number of carbonyl (C=O) groups is 1. The zero-order valence-electron chi connectivity index (χ0n) is 15.2. The lowest BCUT2D eigenvalue weighted by Gasteiger charge is -2.26. The normalized spacial score (nSPS) is 18.4. The number of fused-ring (bicyclic) bond motifs is 1. The van der Waals surface area contributed by atoms with E-state index in [-0.39, 0.29) is 6.04 Å². The Kier molecular flexibility index (Phi) is 7.63. The molecule has 0 aliphatic carbocycles. The number of anilines is 1. The number of nitrogens with zero attached hydrogens (tertiary/aromatic N) is 2. The Morgan fingerprint density at radius 1 is 1.50 bits per heavy atom. The minimum absolute atomic E-state index is 0.212. The van der Waals surface area contributed by atoms with Gasteiger partial charge in [-0.3, -0.25) is 0 Å². The van der Waals surface area contributed by atoms with Gasteiger partial charge in [0.25, 0.3) is 0 Å². The number of carboxylic acid groups (broad SMARTS) is 1. The molecule has 1 N–H and O–H groups in total. The molecule has 0 saturated heterocycles. The standard InChI is InChI=1S/C17H23FN2O4S2/c1-5-23-9-11-8-19(2)13-6-16(25-4)14(7-15(13)26-20(11)3)24-10-12(18)17(21)22/h6-7,10-11H,5,8-9H2,1-4H3,(H,21,22)/b12-10-. The maximum Gasteiger partial charge on any atom is 0.368 e. The highest BCUT2D eigenvalue weighted by atomic mass is 32.2. The third-order valence-corrected chi connectivity index (χ3v) is 5.77. The molecular formula is C17H23FN2O4S2. The third-order valence-electron chi connectivity index (χ3n) is 3.91. The fraction of sp³-hybridized carbons (Fsp3) is 0.471. The number of halogens is 1. The predicted octanol–water partition coefficient (Wildman–Crippen LogP) is 3.48. The summed E-state index contributed by atoms with van der Waals surface area (Å²) in [6.07, 6.45) is 2.51. The first-order chi connectivity index (χ1) is 12.4. The minimum atomic E-state index is -1.65. The van der Waals surface area contributed by atoms with Gasteiger partial charge in [-0.15, -0.1) is 11.8 Å². The van der Waals surface area contributed by atoms with Crippen LogP contribution in [0.25, 0.3) is 0 Å².